The average Bonchev–Trinajstić information content (AvgIpc) is 2.73. The lowest BCUT2D eigenvalue weighted by molar-refractivity contribution is -0.384. The number of piperidine rings is 1. The highest BCUT2D eigenvalue weighted by Crippen LogP contribution is 2.37. The van der Waals surface area contributed by atoms with Crippen LogP contribution in [0.25, 0.3) is 0 Å². The summed E-state index contributed by atoms with van der Waals surface area (Å²) in [7, 11) is 0. The monoisotopic (exact) mass is 421 g/mol. The van der Waals surface area contributed by atoms with Crippen LogP contribution in [0.2, 0.25) is 0 Å². The van der Waals surface area contributed by atoms with E-state index in [2.05, 4.69) is 5.32 Å². The van der Waals surface area contributed by atoms with E-state index in [4.69, 9.17) is 0 Å². The number of para-hydroxylation sites is 1. The second-order valence-corrected chi connectivity index (χ2v) is 7.22. The number of benzene rings is 2. The number of hydrogen-bond acceptors (Lipinski definition) is 4. The minimum absolute atomic E-state index is 0.113. The van der Waals surface area contributed by atoms with Crippen molar-refractivity contribution in [2.75, 3.05) is 23.3 Å². The Hall–Kier alpha value is -3.10. The van der Waals surface area contributed by atoms with Gasteiger partial charge in [0.15, 0.2) is 0 Å². The molecule has 0 unspecified atom stereocenters. The van der Waals surface area contributed by atoms with Crippen molar-refractivity contribution in [3.63, 3.8) is 0 Å². The zero-order chi connectivity index (χ0) is 21.9. The van der Waals surface area contributed by atoms with Gasteiger partial charge in [-0.2, -0.15) is 13.2 Å². The number of carbonyl (C=O) groups excluding carboxylic acids is 1. The first kappa shape index (κ1) is 21.6. The number of nitro groups is 1. The molecule has 6 nitrogen and oxygen atoms in total. The second kappa shape index (κ2) is 8.73. The largest absolute Gasteiger partial charge is 0.416 e. The first-order valence-electron chi connectivity index (χ1n) is 9.70. The molecule has 1 amide bonds. The molecule has 0 atom stereocenters. The van der Waals surface area contributed by atoms with Gasteiger partial charge in [-0.15, -0.1) is 0 Å². The summed E-state index contributed by atoms with van der Waals surface area (Å²) >= 11 is 0. The molecular weight excluding hydrogens is 399 g/mol. The zero-order valence-electron chi connectivity index (χ0n) is 16.4. The minimum Gasteiger partial charge on any atom is -0.366 e. The molecule has 0 aliphatic carbocycles. The Morgan fingerprint density at radius 3 is 2.47 bits per heavy atom. The van der Waals surface area contributed by atoms with E-state index in [-0.39, 0.29) is 17.5 Å². The van der Waals surface area contributed by atoms with Crippen molar-refractivity contribution in [2.45, 2.75) is 32.4 Å². The number of alkyl halides is 3. The molecule has 0 aromatic heterocycles. The molecule has 0 spiro atoms. The smallest absolute Gasteiger partial charge is 0.366 e. The fourth-order valence-corrected chi connectivity index (χ4v) is 3.68. The molecule has 0 bridgehead atoms. The molecule has 2 aromatic carbocycles. The minimum atomic E-state index is -4.65. The number of anilines is 2. The molecule has 160 valence electrons. The fraction of sp³-hybridized carbons (Fsp3) is 0.381. The van der Waals surface area contributed by atoms with Crippen LogP contribution < -0.4 is 10.2 Å². The number of halogens is 3. The molecule has 1 aliphatic heterocycles. The molecule has 1 N–H and O–H groups in total. The van der Waals surface area contributed by atoms with E-state index in [1.54, 1.807) is 4.90 Å². The molecule has 0 saturated carbocycles. The predicted molar refractivity (Wildman–Crippen MR) is 107 cm³/mol. The van der Waals surface area contributed by atoms with Gasteiger partial charge in [0, 0.05) is 30.8 Å². The van der Waals surface area contributed by atoms with Gasteiger partial charge in [0.1, 0.15) is 5.69 Å². The van der Waals surface area contributed by atoms with E-state index in [1.165, 1.54) is 0 Å². The molecule has 0 radical (unpaired) electrons. The topological polar surface area (TPSA) is 75.5 Å². The number of aryl methyl sites for hydroxylation is 1. The third-order valence-corrected chi connectivity index (χ3v) is 5.36. The van der Waals surface area contributed by atoms with Crippen LogP contribution in [0.5, 0.6) is 0 Å². The Kier molecular flexibility index (Phi) is 6.28. The van der Waals surface area contributed by atoms with Gasteiger partial charge >= 0.3 is 6.18 Å². The summed E-state index contributed by atoms with van der Waals surface area (Å²) in [5.41, 5.74) is 0.309. The average molecular weight is 421 g/mol. The number of amides is 1. The summed E-state index contributed by atoms with van der Waals surface area (Å²) in [6, 6.07) is 10.1. The van der Waals surface area contributed by atoms with Crippen LogP contribution in [0.1, 0.15) is 30.9 Å². The summed E-state index contributed by atoms with van der Waals surface area (Å²) in [6.45, 7) is 2.69. The fourth-order valence-electron chi connectivity index (χ4n) is 3.68. The third kappa shape index (κ3) is 4.72. The van der Waals surface area contributed by atoms with E-state index < -0.39 is 22.4 Å². The van der Waals surface area contributed by atoms with Crippen LogP contribution in [0.3, 0.4) is 0 Å². The van der Waals surface area contributed by atoms with Crippen LogP contribution in [-0.4, -0.2) is 23.9 Å². The van der Waals surface area contributed by atoms with Gasteiger partial charge in [-0.1, -0.05) is 25.1 Å². The van der Waals surface area contributed by atoms with Crippen LogP contribution in [-0.2, 0) is 17.4 Å². The van der Waals surface area contributed by atoms with Crippen molar-refractivity contribution in [1.29, 1.82) is 0 Å². The Balaban J connectivity index is 1.69. The van der Waals surface area contributed by atoms with Crippen molar-refractivity contribution in [3.8, 4) is 0 Å². The van der Waals surface area contributed by atoms with E-state index in [0.717, 1.165) is 29.8 Å². The first-order chi connectivity index (χ1) is 14.2. The molecule has 1 fully saturated rings. The number of rotatable bonds is 5. The van der Waals surface area contributed by atoms with E-state index >= 15 is 0 Å². The Labute approximate surface area is 171 Å². The number of carbonyl (C=O) groups is 1. The van der Waals surface area contributed by atoms with Gasteiger partial charge in [-0.05, 0) is 43.0 Å². The highest BCUT2D eigenvalue weighted by atomic mass is 19.4. The van der Waals surface area contributed by atoms with Gasteiger partial charge < -0.3 is 10.2 Å². The maximum atomic E-state index is 12.9. The van der Waals surface area contributed by atoms with E-state index in [1.807, 2.05) is 31.2 Å². The maximum absolute atomic E-state index is 12.9. The quantitative estimate of drug-likeness (QED) is 0.543. The number of nitrogens with one attached hydrogen (secondary N) is 1. The summed E-state index contributed by atoms with van der Waals surface area (Å²) < 4.78 is 38.7. The van der Waals surface area contributed by atoms with Gasteiger partial charge in [-0.3, -0.25) is 14.9 Å². The molecule has 9 heteroatoms. The Morgan fingerprint density at radius 1 is 1.20 bits per heavy atom. The SMILES string of the molecule is CCc1ccccc1NC(=O)C1CCN(c2ccc(C(F)(F)F)cc2[N+](=O)[O-])CC1. The molecule has 30 heavy (non-hydrogen) atoms. The van der Waals surface area contributed by atoms with Gasteiger partial charge in [0.05, 0.1) is 10.5 Å². The van der Waals surface area contributed by atoms with Crippen LogP contribution >= 0.6 is 0 Å². The van der Waals surface area contributed by atoms with Gasteiger partial charge in [-0.25, -0.2) is 0 Å². The maximum Gasteiger partial charge on any atom is 0.416 e. The highest BCUT2D eigenvalue weighted by molar-refractivity contribution is 5.93. The molecule has 3 rings (SSSR count). The lowest BCUT2D eigenvalue weighted by Crippen LogP contribution is -2.38. The summed E-state index contributed by atoms with van der Waals surface area (Å²) in [5, 5.41) is 14.3. The van der Waals surface area contributed by atoms with Crippen molar-refractivity contribution in [2.24, 2.45) is 5.92 Å². The van der Waals surface area contributed by atoms with Crippen LogP contribution in [0, 0.1) is 16.0 Å². The Morgan fingerprint density at radius 2 is 1.87 bits per heavy atom. The van der Waals surface area contributed by atoms with Crippen molar-refractivity contribution >= 4 is 23.0 Å². The number of nitrogens with zero attached hydrogens (tertiary/aromatic N) is 2. The van der Waals surface area contributed by atoms with E-state index in [9.17, 15) is 28.1 Å². The molecule has 1 heterocycles. The summed E-state index contributed by atoms with van der Waals surface area (Å²) in [5.74, 6) is -0.378. The van der Waals surface area contributed by atoms with Crippen LogP contribution in [0.4, 0.5) is 30.2 Å². The molecule has 1 saturated heterocycles. The molecule has 2 aromatic rings. The van der Waals surface area contributed by atoms with Crippen LogP contribution in [0.15, 0.2) is 42.5 Å². The number of nitro benzene ring substituents is 1. The first-order valence-corrected chi connectivity index (χ1v) is 9.70. The standard InChI is InChI=1S/C21H22F3N3O3/c1-2-14-5-3-4-6-17(14)25-20(28)15-9-11-26(12-10-15)18-8-7-16(21(22,23)24)13-19(18)27(29)30/h3-8,13,15H,2,9-12H2,1H3,(H,25,28). The summed E-state index contributed by atoms with van der Waals surface area (Å²) in [6.07, 6.45) is -2.95. The molecular formula is C21H22F3N3O3. The number of hydrogen-bond donors (Lipinski definition) is 1. The predicted octanol–water partition coefficient (Wildman–Crippen LogP) is 5.03. The van der Waals surface area contributed by atoms with E-state index in [0.29, 0.717) is 32.0 Å². The van der Waals surface area contributed by atoms with Crippen molar-refractivity contribution < 1.29 is 22.9 Å². The van der Waals surface area contributed by atoms with Crippen molar-refractivity contribution in [1.82, 2.24) is 0 Å². The highest BCUT2D eigenvalue weighted by Gasteiger charge is 2.35. The zero-order valence-corrected chi connectivity index (χ0v) is 16.4. The van der Waals surface area contributed by atoms with Crippen molar-refractivity contribution in [3.05, 3.63) is 63.7 Å². The molecule has 1 aliphatic rings. The van der Waals surface area contributed by atoms with Gasteiger partial charge in [0.2, 0.25) is 5.91 Å². The Bertz CT molecular complexity index is 939. The summed E-state index contributed by atoms with van der Waals surface area (Å²) in [4.78, 5) is 24.8. The lowest BCUT2D eigenvalue weighted by atomic mass is 9.95. The second-order valence-electron chi connectivity index (χ2n) is 7.22. The normalized spacial score (nSPS) is 15.1. The lowest BCUT2D eigenvalue weighted by Gasteiger charge is -2.32. The van der Waals surface area contributed by atoms with Gasteiger partial charge in [0.25, 0.3) is 5.69 Å². The third-order valence-electron chi connectivity index (χ3n) is 5.36.